The summed E-state index contributed by atoms with van der Waals surface area (Å²) in [4.78, 5) is 8.00. The third-order valence-corrected chi connectivity index (χ3v) is 1.14. The Morgan fingerprint density at radius 2 is 1.78 bits per heavy atom. The number of carbonyl (C=O) groups is 1. The summed E-state index contributed by atoms with van der Waals surface area (Å²) in [6.07, 6.45) is 4.15. The molecule has 0 spiro atoms. The summed E-state index contributed by atoms with van der Waals surface area (Å²) >= 11 is 0. The molecule has 0 aliphatic rings. The van der Waals surface area contributed by atoms with Crippen LogP contribution in [0.3, 0.4) is 0 Å². The van der Waals surface area contributed by atoms with Crippen molar-refractivity contribution in [2.75, 3.05) is 0 Å². The van der Waals surface area contributed by atoms with Crippen molar-refractivity contribution in [1.82, 2.24) is 0 Å². The Balaban J connectivity index is 0. The third-order valence-electron chi connectivity index (χ3n) is 1.14. The normalized spacial score (nSPS) is 8.44. The van der Waals surface area contributed by atoms with Crippen molar-refractivity contribution in [3.63, 3.8) is 0 Å². The highest BCUT2D eigenvalue weighted by atomic mass is 16.1. The summed E-state index contributed by atoms with van der Waals surface area (Å²) in [5, 5.41) is 0. The first-order chi connectivity index (χ1) is 4.27. The molecule has 0 aliphatic heterocycles. The van der Waals surface area contributed by atoms with E-state index in [1.807, 2.05) is 6.79 Å². The third kappa shape index (κ3) is 18.3. The van der Waals surface area contributed by atoms with Crippen LogP contribution in [-0.4, -0.2) is 6.79 Å². The molecule has 0 atom stereocenters. The minimum atomic E-state index is 0.903. The molecule has 0 heterocycles. The highest BCUT2D eigenvalue weighted by Crippen LogP contribution is 2.04. The van der Waals surface area contributed by atoms with Gasteiger partial charge >= 0.3 is 0 Å². The molecule has 0 amide bonds. The molecule has 0 radical (unpaired) electrons. The van der Waals surface area contributed by atoms with Crippen LogP contribution in [0.5, 0.6) is 0 Å². The molecule has 9 heavy (non-hydrogen) atoms. The number of carbonyl (C=O) groups excluding carboxylic acids is 1. The second kappa shape index (κ2) is 10.6. The molecule has 0 bridgehead atoms. The van der Waals surface area contributed by atoms with Crippen molar-refractivity contribution in [3.8, 4) is 0 Å². The number of rotatable bonds is 3. The standard InChI is InChI=1S/C7H16.CH2O/c1-4-5-6-7(2)3;1-2/h7H,4-6H2,1-3H3;1H2. The minimum absolute atomic E-state index is 0.903. The zero-order valence-electron chi connectivity index (χ0n) is 6.81. The second-order valence-electron chi connectivity index (χ2n) is 2.54. The summed E-state index contributed by atoms with van der Waals surface area (Å²) in [5.41, 5.74) is 0. The van der Waals surface area contributed by atoms with Gasteiger partial charge < -0.3 is 4.79 Å². The van der Waals surface area contributed by atoms with Crippen LogP contribution < -0.4 is 0 Å². The van der Waals surface area contributed by atoms with Gasteiger partial charge in [-0.3, -0.25) is 0 Å². The van der Waals surface area contributed by atoms with Crippen LogP contribution in [0.15, 0.2) is 0 Å². The fourth-order valence-electron chi connectivity index (χ4n) is 0.612. The smallest absolute Gasteiger partial charge is 0.106 e. The maximum absolute atomic E-state index is 8.00. The average molecular weight is 130 g/mol. The Morgan fingerprint density at radius 1 is 1.33 bits per heavy atom. The number of hydrogen-bond acceptors (Lipinski definition) is 1. The van der Waals surface area contributed by atoms with Gasteiger partial charge in [0.2, 0.25) is 0 Å². The fourth-order valence-corrected chi connectivity index (χ4v) is 0.612. The van der Waals surface area contributed by atoms with Crippen molar-refractivity contribution in [1.29, 1.82) is 0 Å². The fraction of sp³-hybridized carbons (Fsp3) is 0.875. The molecule has 0 N–H and O–H groups in total. The van der Waals surface area contributed by atoms with Crippen LogP contribution in [0.2, 0.25) is 0 Å². The van der Waals surface area contributed by atoms with Crippen molar-refractivity contribution < 1.29 is 4.79 Å². The number of unbranched alkanes of at least 4 members (excludes halogenated alkanes) is 1. The first kappa shape index (κ1) is 11.5. The van der Waals surface area contributed by atoms with Crippen molar-refractivity contribution >= 4 is 6.79 Å². The molecule has 0 aromatic rings. The Kier molecular flexibility index (Phi) is 13.5. The van der Waals surface area contributed by atoms with Crippen LogP contribution in [0, 0.1) is 5.92 Å². The summed E-state index contributed by atoms with van der Waals surface area (Å²) in [5.74, 6) is 0.903. The lowest BCUT2D eigenvalue weighted by molar-refractivity contribution is -0.0979. The maximum atomic E-state index is 8.00. The largest absolute Gasteiger partial charge is 0.307 e. The molecule has 56 valence electrons. The molecule has 0 unspecified atom stereocenters. The van der Waals surface area contributed by atoms with E-state index in [0.29, 0.717) is 0 Å². The summed E-state index contributed by atoms with van der Waals surface area (Å²) < 4.78 is 0. The Bertz CT molecular complexity index is 41.8. The van der Waals surface area contributed by atoms with E-state index in [1.165, 1.54) is 19.3 Å². The maximum Gasteiger partial charge on any atom is 0.106 e. The van der Waals surface area contributed by atoms with Gasteiger partial charge in [0.1, 0.15) is 6.79 Å². The molecule has 1 nitrogen and oxygen atoms in total. The van der Waals surface area contributed by atoms with Crippen LogP contribution in [0.25, 0.3) is 0 Å². The molecule has 0 saturated heterocycles. The van der Waals surface area contributed by atoms with Gasteiger partial charge in [0.15, 0.2) is 0 Å². The Morgan fingerprint density at radius 3 is 1.89 bits per heavy atom. The van der Waals surface area contributed by atoms with E-state index in [0.717, 1.165) is 5.92 Å². The van der Waals surface area contributed by atoms with Gasteiger partial charge in [0.25, 0.3) is 0 Å². The lowest BCUT2D eigenvalue weighted by atomic mass is 10.1. The van der Waals surface area contributed by atoms with Gasteiger partial charge in [0.05, 0.1) is 0 Å². The van der Waals surface area contributed by atoms with Crippen LogP contribution >= 0.6 is 0 Å². The molecule has 0 aromatic carbocycles. The predicted octanol–water partition coefficient (Wildman–Crippen LogP) is 2.65. The Hall–Kier alpha value is -0.330. The molecule has 1 heteroatoms. The highest BCUT2D eigenvalue weighted by molar-refractivity contribution is 5.10. The molecular formula is C8H18O. The summed E-state index contributed by atoms with van der Waals surface area (Å²) in [6, 6.07) is 0. The van der Waals surface area contributed by atoms with Gasteiger partial charge in [0, 0.05) is 0 Å². The molecule has 0 rings (SSSR count). The van der Waals surface area contributed by atoms with E-state index in [-0.39, 0.29) is 0 Å². The second-order valence-corrected chi connectivity index (χ2v) is 2.54. The number of hydrogen-bond donors (Lipinski definition) is 0. The highest BCUT2D eigenvalue weighted by Gasteiger charge is 1.88. The van der Waals surface area contributed by atoms with Gasteiger partial charge in [-0.25, -0.2) is 0 Å². The molecule has 0 fully saturated rings. The summed E-state index contributed by atoms with van der Waals surface area (Å²) in [7, 11) is 0. The molecule has 0 aromatic heterocycles. The van der Waals surface area contributed by atoms with Gasteiger partial charge in [-0.2, -0.15) is 0 Å². The van der Waals surface area contributed by atoms with Gasteiger partial charge in [-0.05, 0) is 5.92 Å². The van der Waals surface area contributed by atoms with Crippen molar-refractivity contribution in [2.24, 2.45) is 5.92 Å². The molecule has 0 aliphatic carbocycles. The van der Waals surface area contributed by atoms with E-state index < -0.39 is 0 Å². The zero-order valence-corrected chi connectivity index (χ0v) is 6.81. The quantitative estimate of drug-likeness (QED) is 0.574. The Labute approximate surface area is 58.5 Å². The van der Waals surface area contributed by atoms with Crippen molar-refractivity contribution in [2.45, 2.75) is 40.0 Å². The van der Waals surface area contributed by atoms with Crippen molar-refractivity contribution in [3.05, 3.63) is 0 Å². The first-order valence-electron chi connectivity index (χ1n) is 3.56. The molecular weight excluding hydrogens is 112 g/mol. The van der Waals surface area contributed by atoms with Gasteiger partial charge in [-0.15, -0.1) is 0 Å². The van der Waals surface area contributed by atoms with E-state index in [4.69, 9.17) is 4.79 Å². The van der Waals surface area contributed by atoms with Crippen LogP contribution in [0.1, 0.15) is 40.0 Å². The van der Waals surface area contributed by atoms with Crippen LogP contribution in [-0.2, 0) is 4.79 Å². The van der Waals surface area contributed by atoms with E-state index in [9.17, 15) is 0 Å². The predicted molar refractivity (Wildman–Crippen MR) is 41.5 cm³/mol. The zero-order chi connectivity index (χ0) is 7.70. The van der Waals surface area contributed by atoms with E-state index >= 15 is 0 Å². The summed E-state index contributed by atoms with van der Waals surface area (Å²) in [6.45, 7) is 8.79. The van der Waals surface area contributed by atoms with Gasteiger partial charge in [-0.1, -0.05) is 40.0 Å². The SMILES string of the molecule is C=O.CCCCC(C)C. The monoisotopic (exact) mass is 130 g/mol. The first-order valence-corrected chi connectivity index (χ1v) is 3.56. The van der Waals surface area contributed by atoms with E-state index in [2.05, 4.69) is 20.8 Å². The molecule has 0 saturated carbocycles. The lowest BCUT2D eigenvalue weighted by Gasteiger charge is -1.98. The lowest BCUT2D eigenvalue weighted by Crippen LogP contribution is -1.83. The van der Waals surface area contributed by atoms with E-state index in [1.54, 1.807) is 0 Å². The topological polar surface area (TPSA) is 17.1 Å². The van der Waals surface area contributed by atoms with Crippen LogP contribution in [0.4, 0.5) is 0 Å². The average Bonchev–Trinajstić information content (AvgIpc) is 1.88. The minimum Gasteiger partial charge on any atom is -0.307 e.